The van der Waals surface area contributed by atoms with Crippen LogP contribution in [0.25, 0.3) is 0 Å². The van der Waals surface area contributed by atoms with Crippen LogP contribution in [0.3, 0.4) is 0 Å². The van der Waals surface area contributed by atoms with Crippen LogP contribution < -0.4 is 4.90 Å². The topological polar surface area (TPSA) is 41.9 Å². The molecule has 1 saturated heterocycles. The van der Waals surface area contributed by atoms with Gasteiger partial charge in [-0.15, -0.1) is 0 Å². The van der Waals surface area contributed by atoms with Crippen molar-refractivity contribution in [3.8, 4) is 0 Å². The Balaban J connectivity index is 1.71. The van der Waals surface area contributed by atoms with E-state index in [-0.39, 0.29) is 0 Å². The predicted octanol–water partition coefficient (Wildman–Crippen LogP) is 3.94. The third-order valence-electron chi connectivity index (χ3n) is 4.04. The summed E-state index contributed by atoms with van der Waals surface area (Å²) in [5.41, 5.74) is 0. The fraction of sp³-hybridized carbons (Fsp3) is 0.786. The van der Waals surface area contributed by atoms with E-state index in [1.165, 1.54) is 51.4 Å². The first-order valence-electron chi connectivity index (χ1n) is 7.64. The largest absolute Gasteiger partial charge is 0.341 e. The molecule has 0 N–H and O–H groups in total. The number of nitrogens with zero attached hydrogens (tertiary/aromatic N) is 4. The molecule has 2 fully saturated rings. The number of anilines is 1. The van der Waals surface area contributed by atoms with Gasteiger partial charge in [0.25, 0.3) is 0 Å². The molecule has 1 saturated carbocycles. The minimum atomic E-state index is 0.332. The van der Waals surface area contributed by atoms with Gasteiger partial charge in [-0.3, -0.25) is 0 Å². The lowest BCUT2D eigenvalue weighted by Gasteiger charge is -2.27. The molecule has 0 spiro atoms. The Labute approximate surface area is 129 Å². The minimum absolute atomic E-state index is 0.332. The molecule has 0 aromatic carbocycles. The normalized spacial score (nSPS) is 21.1. The van der Waals surface area contributed by atoms with Crippen LogP contribution in [0.15, 0.2) is 5.16 Å². The highest BCUT2D eigenvalue weighted by atomic mass is 35.5. The van der Waals surface area contributed by atoms with Gasteiger partial charge in [-0.2, -0.15) is 15.0 Å². The van der Waals surface area contributed by atoms with Crippen molar-refractivity contribution in [3.63, 3.8) is 0 Å². The molecule has 6 heteroatoms. The number of halogens is 1. The van der Waals surface area contributed by atoms with E-state index in [0.29, 0.717) is 10.5 Å². The second-order valence-electron chi connectivity index (χ2n) is 5.61. The molecule has 3 rings (SSSR count). The molecule has 1 aromatic heterocycles. The number of aromatic nitrogens is 3. The first-order valence-corrected chi connectivity index (χ1v) is 8.90. The molecule has 0 unspecified atom stereocenters. The van der Waals surface area contributed by atoms with Crippen molar-refractivity contribution in [3.05, 3.63) is 5.28 Å². The highest BCUT2D eigenvalue weighted by molar-refractivity contribution is 7.99. The molecule has 1 aliphatic carbocycles. The van der Waals surface area contributed by atoms with Gasteiger partial charge in [-0.05, 0) is 43.7 Å². The van der Waals surface area contributed by atoms with Gasteiger partial charge in [0.1, 0.15) is 0 Å². The van der Waals surface area contributed by atoms with Crippen molar-refractivity contribution in [2.45, 2.75) is 61.8 Å². The third kappa shape index (κ3) is 3.76. The van der Waals surface area contributed by atoms with Crippen LogP contribution >= 0.6 is 23.4 Å². The predicted molar refractivity (Wildman–Crippen MR) is 83.6 cm³/mol. The van der Waals surface area contributed by atoms with Crippen LogP contribution in [0.2, 0.25) is 5.28 Å². The second-order valence-corrected chi connectivity index (χ2v) is 7.22. The van der Waals surface area contributed by atoms with Crippen molar-refractivity contribution in [2.75, 3.05) is 18.0 Å². The third-order valence-corrected chi connectivity index (χ3v) is 5.41. The Morgan fingerprint density at radius 1 is 0.900 bits per heavy atom. The van der Waals surface area contributed by atoms with Crippen molar-refractivity contribution in [2.24, 2.45) is 0 Å². The summed E-state index contributed by atoms with van der Waals surface area (Å²) in [4.78, 5) is 15.5. The fourth-order valence-electron chi connectivity index (χ4n) is 2.94. The van der Waals surface area contributed by atoms with Gasteiger partial charge in [0.05, 0.1) is 0 Å². The Hall–Kier alpha value is -0.550. The summed E-state index contributed by atoms with van der Waals surface area (Å²) in [6.45, 7) is 2.07. The molecule has 2 heterocycles. The zero-order valence-electron chi connectivity index (χ0n) is 11.7. The van der Waals surface area contributed by atoms with E-state index in [9.17, 15) is 0 Å². The summed E-state index contributed by atoms with van der Waals surface area (Å²) in [6, 6.07) is 0. The summed E-state index contributed by atoms with van der Waals surface area (Å²) in [5, 5.41) is 1.78. The molecule has 4 nitrogen and oxygen atoms in total. The second kappa shape index (κ2) is 6.94. The number of piperidine rings is 1. The van der Waals surface area contributed by atoms with E-state index in [2.05, 4.69) is 19.9 Å². The SMILES string of the molecule is Clc1nc(SC2CCCCC2)nc(N2CCCCC2)n1. The van der Waals surface area contributed by atoms with E-state index in [4.69, 9.17) is 11.6 Å². The highest BCUT2D eigenvalue weighted by Gasteiger charge is 2.19. The van der Waals surface area contributed by atoms with Gasteiger partial charge in [0.2, 0.25) is 11.2 Å². The van der Waals surface area contributed by atoms with Crippen LogP contribution in [0.4, 0.5) is 5.95 Å². The zero-order valence-corrected chi connectivity index (χ0v) is 13.3. The van der Waals surface area contributed by atoms with E-state index in [1.807, 2.05) is 0 Å². The molecule has 1 aromatic rings. The van der Waals surface area contributed by atoms with Gasteiger partial charge < -0.3 is 4.90 Å². The first-order chi connectivity index (χ1) is 9.81. The summed E-state index contributed by atoms with van der Waals surface area (Å²) >= 11 is 7.87. The molecule has 0 bridgehead atoms. The van der Waals surface area contributed by atoms with Crippen LogP contribution in [-0.4, -0.2) is 33.3 Å². The number of hydrogen-bond donors (Lipinski definition) is 0. The molecule has 110 valence electrons. The Morgan fingerprint density at radius 3 is 2.35 bits per heavy atom. The Morgan fingerprint density at radius 2 is 1.60 bits per heavy atom. The molecule has 2 aliphatic rings. The lowest BCUT2D eigenvalue weighted by molar-refractivity contribution is 0.515. The zero-order chi connectivity index (χ0) is 13.8. The monoisotopic (exact) mass is 312 g/mol. The van der Waals surface area contributed by atoms with Crippen LogP contribution in [0, 0.1) is 0 Å². The lowest BCUT2D eigenvalue weighted by atomic mass is 10.0. The Bertz CT molecular complexity index is 445. The van der Waals surface area contributed by atoms with Crippen LogP contribution in [0.1, 0.15) is 51.4 Å². The maximum atomic E-state index is 6.08. The smallest absolute Gasteiger partial charge is 0.230 e. The number of hydrogen-bond acceptors (Lipinski definition) is 5. The highest BCUT2D eigenvalue weighted by Crippen LogP contribution is 2.32. The molecule has 20 heavy (non-hydrogen) atoms. The number of rotatable bonds is 3. The maximum absolute atomic E-state index is 6.08. The quantitative estimate of drug-likeness (QED) is 0.845. The van der Waals surface area contributed by atoms with Crippen molar-refractivity contribution >= 4 is 29.3 Å². The average Bonchev–Trinajstić information content (AvgIpc) is 2.49. The average molecular weight is 313 g/mol. The summed E-state index contributed by atoms with van der Waals surface area (Å²) in [7, 11) is 0. The van der Waals surface area contributed by atoms with Gasteiger partial charge in [-0.1, -0.05) is 31.0 Å². The molecule has 0 amide bonds. The van der Waals surface area contributed by atoms with E-state index >= 15 is 0 Å². The van der Waals surface area contributed by atoms with E-state index < -0.39 is 0 Å². The first kappa shape index (κ1) is 14.4. The van der Waals surface area contributed by atoms with Crippen LogP contribution in [-0.2, 0) is 0 Å². The molecular formula is C14H21ClN4S. The summed E-state index contributed by atoms with van der Waals surface area (Å²) in [6.07, 6.45) is 10.3. The van der Waals surface area contributed by atoms with E-state index in [0.717, 1.165) is 24.2 Å². The molecule has 0 radical (unpaired) electrons. The number of thioether (sulfide) groups is 1. The minimum Gasteiger partial charge on any atom is -0.341 e. The van der Waals surface area contributed by atoms with Crippen molar-refractivity contribution in [1.29, 1.82) is 0 Å². The van der Waals surface area contributed by atoms with Gasteiger partial charge >= 0.3 is 0 Å². The van der Waals surface area contributed by atoms with Crippen LogP contribution in [0.5, 0.6) is 0 Å². The van der Waals surface area contributed by atoms with Gasteiger partial charge in [0, 0.05) is 18.3 Å². The standard InChI is InChI=1S/C14H21ClN4S/c15-12-16-13(19-9-5-2-6-10-19)18-14(17-12)20-11-7-3-1-4-8-11/h11H,1-10H2. The fourth-order valence-corrected chi connectivity index (χ4v) is 4.29. The molecule has 1 aliphatic heterocycles. The van der Waals surface area contributed by atoms with Crippen molar-refractivity contribution < 1.29 is 0 Å². The summed E-state index contributed by atoms with van der Waals surface area (Å²) in [5.74, 6) is 0.767. The lowest BCUT2D eigenvalue weighted by Crippen LogP contribution is -2.31. The van der Waals surface area contributed by atoms with Gasteiger partial charge in [-0.25, -0.2) is 0 Å². The van der Waals surface area contributed by atoms with E-state index in [1.54, 1.807) is 11.8 Å². The maximum Gasteiger partial charge on any atom is 0.230 e. The molecular weight excluding hydrogens is 292 g/mol. The summed E-state index contributed by atoms with van der Waals surface area (Å²) < 4.78 is 0. The Kier molecular flexibility index (Phi) is 4.99. The van der Waals surface area contributed by atoms with Crippen molar-refractivity contribution in [1.82, 2.24) is 15.0 Å². The molecule has 0 atom stereocenters. The van der Waals surface area contributed by atoms with Gasteiger partial charge in [0.15, 0.2) is 5.16 Å².